The molecule has 2 heterocycles. The topological polar surface area (TPSA) is 101 Å². The molecule has 1 aliphatic rings. The first-order valence-corrected chi connectivity index (χ1v) is 8.48. The molecule has 1 aliphatic heterocycles. The molecule has 0 spiro atoms. The monoisotopic (exact) mass is 360 g/mol. The fraction of sp³-hybridized carbons (Fsp3) is 0.312. The Bertz CT molecular complexity index is 785. The van der Waals surface area contributed by atoms with Crippen molar-refractivity contribution in [2.24, 2.45) is 0 Å². The second kappa shape index (κ2) is 7.49. The number of hydrogen-bond donors (Lipinski definition) is 1. The highest BCUT2D eigenvalue weighted by molar-refractivity contribution is 7.15. The Morgan fingerprint density at radius 2 is 1.88 bits per heavy atom. The van der Waals surface area contributed by atoms with Crippen molar-refractivity contribution in [1.29, 1.82) is 0 Å². The highest BCUT2D eigenvalue weighted by Gasteiger charge is 2.34. The molecule has 1 N–H and O–H groups in total. The van der Waals surface area contributed by atoms with Crippen molar-refractivity contribution in [2.45, 2.75) is 12.8 Å². The van der Waals surface area contributed by atoms with E-state index >= 15 is 0 Å². The van der Waals surface area contributed by atoms with Crippen molar-refractivity contribution in [2.75, 3.05) is 25.6 Å². The summed E-state index contributed by atoms with van der Waals surface area (Å²) in [5.41, 5.74) is 0.750. The second-order valence-electron chi connectivity index (χ2n) is 5.35. The van der Waals surface area contributed by atoms with Gasteiger partial charge in [0.2, 0.25) is 11.0 Å². The summed E-state index contributed by atoms with van der Waals surface area (Å²) in [4.78, 5) is 37.6. The Hall–Kier alpha value is -2.65. The molecule has 0 aliphatic carbocycles. The predicted molar refractivity (Wildman–Crippen MR) is 90.5 cm³/mol. The largest absolute Gasteiger partial charge is 0.384 e. The van der Waals surface area contributed by atoms with Crippen LogP contribution in [-0.2, 0) is 16.0 Å². The number of amides is 3. The molecule has 1 aromatic carbocycles. The SMILES string of the molecule is COCCc1nnc(NC(=O)CCN2C(=O)c3ccccc3C2=O)s1. The van der Waals surface area contributed by atoms with E-state index in [2.05, 4.69) is 15.5 Å². The summed E-state index contributed by atoms with van der Waals surface area (Å²) in [7, 11) is 1.60. The first kappa shape index (κ1) is 17.2. The lowest BCUT2D eigenvalue weighted by molar-refractivity contribution is -0.116. The zero-order valence-electron chi connectivity index (χ0n) is 13.5. The van der Waals surface area contributed by atoms with Gasteiger partial charge in [0.25, 0.3) is 11.8 Å². The highest BCUT2D eigenvalue weighted by Crippen LogP contribution is 2.22. The smallest absolute Gasteiger partial charge is 0.261 e. The molecule has 0 saturated heterocycles. The van der Waals surface area contributed by atoms with Crippen molar-refractivity contribution in [3.8, 4) is 0 Å². The molecule has 0 fully saturated rings. The Morgan fingerprint density at radius 1 is 1.20 bits per heavy atom. The van der Waals surface area contributed by atoms with Gasteiger partial charge < -0.3 is 10.1 Å². The van der Waals surface area contributed by atoms with Crippen LogP contribution in [-0.4, -0.2) is 53.1 Å². The average Bonchev–Trinajstić information content (AvgIpc) is 3.15. The summed E-state index contributed by atoms with van der Waals surface area (Å²) in [6, 6.07) is 6.63. The minimum Gasteiger partial charge on any atom is -0.384 e. The number of ether oxygens (including phenoxy) is 1. The standard InChI is InChI=1S/C16H16N4O4S/c1-24-9-7-13-18-19-16(25-13)17-12(21)6-8-20-14(22)10-4-2-3-5-11(10)15(20)23/h2-5H,6-9H2,1H3,(H,17,19,21). The van der Waals surface area contributed by atoms with Gasteiger partial charge in [-0.25, -0.2) is 0 Å². The van der Waals surface area contributed by atoms with Gasteiger partial charge in [-0.2, -0.15) is 0 Å². The molecule has 0 unspecified atom stereocenters. The fourth-order valence-corrected chi connectivity index (χ4v) is 3.17. The number of benzene rings is 1. The highest BCUT2D eigenvalue weighted by atomic mass is 32.1. The van der Waals surface area contributed by atoms with Crippen LogP contribution in [0.25, 0.3) is 0 Å². The number of nitrogens with one attached hydrogen (secondary N) is 1. The zero-order chi connectivity index (χ0) is 17.8. The van der Waals surface area contributed by atoms with Crippen LogP contribution in [0.4, 0.5) is 5.13 Å². The van der Waals surface area contributed by atoms with Crippen LogP contribution in [0.15, 0.2) is 24.3 Å². The first-order chi connectivity index (χ1) is 12.1. The molecule has 1 aromatic heterocycles. The lowest BCUT2D eigenvalue weighted by atomic mass is 10.1. The molecule has 0 bridgehead atoms. The molecule has 3 rings (SSSR count). The molecular formula is C16H16N4O4S. The van der Waals surface area contributed by atoms with Gasteiger partial charge in [-0.15, -0.1) is 10.2 Å². The van der Waals surface area contributed by atoms with E-state index in [1.807, 2.05) is 0 Å². The summed E-state index contributed by atoms with van der Waals surface area (Å²) in [6.45, 7) is 0.551. The third kappa shape index (κ3) is 3.72. The number of nitrogens with zero attached hydrogens (tertiary/aromatic N) is 3. The molecular weight excluding hydrogens is 344 g/mol. The number of anilines is 1. The van der Waals surface area contributed by atoms with E-state index in [0.29, 0.717) is 29.3 Å². The second-order valence-corrected chi connectivity index (χ2v) is 6.41. The van der Waals surface area contributed by atoms with Crippen molar-refractivity contribution in [3.05, 3.63) is 40.4 Å². The summed E-state index contributed by atoms with van der Waals surface area (Å²) in [5, 5.41) is 11.6. The average molecular weight is 360 g/mol. The molecule has 0 atom stereocenters. The Balaban J connectivity index is 1.54. The number of hydrogen-bond acceptors (Lipinski definition) is 7. The van der Waals surface area contributed by atoms with Crippen molar-refractivity contribution in [1.82, 2.24) is 15.1 Å². The Morgan fingerprint density at radius 3 is 2.52 bits per heavy atom. The van der Waals surface area contributed by atoms with E-state index in [0.717, 1.165) is 9.91 Å². The Kier molecular flexibility index (Phi) is 5.15. The molecule has 0 radical (unpaired) electrons. The number of aromatic nitrogens is 2. The van der Waals surface area contributed by atoms with Gasteiger partial charge in [-0.1, -0.05) is 23.5 Å². The van der Waals surface area contributed by atoms with Crippen LogP contribution in [0.3, 0.4) is 0 Å². The molecule has 8 nitrogen and oxygen atoms in total. The minimum absolute atomic E-state index is 0.00153. The maximum absolute atomic E-state index is 12.2. The molecule has 2 aromatic rings. The van der Waals surface area contributed by atoms with Gasteiger partial charge in [0.05, 0.1) is 17.7 Å². The molecule has 25 heavy (non-hydrogen) atoms. The zero-order valence-corrected chi connectivity index (χ0v) is 14.3. The number of rotatable bonds is 7. The molecule has 9 heteroatoms. The van der Waals surface area contributed by atoms with Crippen LogP contribution < -0.4 is 5.32 Å². The summed E-state index contributed by atoms with van der Waals surface area (Å²) >= 11 is 1.27. The number of imide groups is 1. The summed E-state index contributed by atoms with van der Waals surface area (Å²) in [5.74, 6) is -1.07. The minimum atomic E-state index is -0.369. The Labute approximate surface area is 147 Å². The third-order valence-electron chi connectivity index (χ3n) is 3.67. The van der Waals surface area contributed by atoms with Crippen LogP contribution >= 0.6 is 11.3 Å². The van der Waals surface area contributed by atoms with Gasteiger partial charge in [0.1, 0.15) is 5.01 Å². The number of methoxy groups -OCH3 is 1. The van der Waals surface area contributed by atoms with E-state index in [1.165, 1.54) is 11.3 Å². The normalized spacial score (nSPS) is 13.2. The van der Waals surface area contributed by atoms with Gasteiger partial charge in [0.15, 0.2) is 0 Å². The van der Waals surface area contributed by atoms with Crippen LogP contribution in [0.5, 0.6) is 0 Å². The summed E-state index contributed by atoms with van der Waals surface area (Å²) < 4.78 is 4.96. The summed E-state index contributed by atoms with van der Waals surface area (Å²) in [6.07, 6.45) is 0.623. The van der Waals surface area contributed by atoms with Crippen LogP contribution in [0.1, 0.15) is 32.1 Å². The van der Waals surface area contributed by atoms with Crippen molar-refractivity contribution < 1.29 is 19.1 Å². The molecule has 3 amide bonds. The van der Waals surface area contributed by atoms with Gasteiger partial charge in [-0.05, 0) is 12.1 Å². The van der Waals surface area contributed by atoms with Crippen molar-refractivity contribution in [3.63, 3.8) is 0 Å². The van der Waals surface area contributed by atoms with Crippen LogP contribution in [0.2, 0.25) is 0 Å². The third-order valence-corrected chi connectivity index (χ3v) is 4.57. The van der Waals surface area contributed by atoms with E-state index in [9.17, 15) is 14.4 Å². The van der Waals surface area contributed by atoms with Crippen molar-refractivity contribution >= 4 is 34.2 Å². The van der Waals surface area contributed by atoms with Gasteiger partial charge in [0, 0.05) is 26.5 Å². The predicted octanol–water partition coefficient (Wildman–Crippen LogP) is 1.35. The molecule has 0 saturated carbocycles. The quantitative estimate of drug-likeness (QED) is 0.748. The van der Waals surface area contributed by atoms with Crippen LogP contribution in [0, 0.1) is 0 Å². The van der Waals surface area contributed by atoms with E-state index in [1.54, 1.807) is 31.4 Å². The number of carbonyl (C=O) groups excluding carboxylic acids is 3. The maximum Gasteiger partial charge on any atom is 0.261 e. The molecule has 130 valence electrons. The number of carbonyl (C=O) groups is 3. The first-order valence-electron chi connectivity index (χ1n) is 7.66. The van der Waals surface area contributed by atoms with Gasteiger partial charge >= 0.3 is 0 Å². The maximum atomic E-state index is 12.2. The lowest BCUT2D eigenvalue weighted by Crippen LogP contribution is -2.32. The van der Waals surface area contributed by atoms with Gasteiger partial charge in [-0.3, -0.25) is 19.3 Å². The van der Waals surface area contributed by atoms with E-state index in [4.69, 9.17) is 4.74 Å². The lowest BCUT2D eigenvalue weighted by Gasteiger charge is -2.12. The van der Waals surface area contributed by atoms with E-state index in [-0.39, 0.29) is 30.7 Å². The van der Waals surface area contributed by atoms with E-state index < -0.39 is 0 Å². The number of fused-ring (bicyclic) bond motifs is 1. The fourth-order valence-electron chi connectivity index (χ4n) is 2.43.